The Hall–Kier alpha value is -0.515. The Labute approximate surface area is 117 Å². The minimum atomic E-state index is -0.325. The highest BCUT2D eigenvalue weighted by molar-refractivity contribution is 9.10. The Morgan fingerprint density at radius 1 is 1.33 bits per heavy atom. The van der Waals surface area contributed by atoms with E-state index in [0.29, 0.717) is 6.04 Å². The van der Waals surface area contributed by atoms with E-state index in [0.717, 1.165) is 32.5 Å². The molecule has 1 atom stereocenters. The summed E-state index contributed by atoms with van der Waals surface area (Å²) in [5.41, 5.74) is 2.84. The smallest absolute Gasteiger partial charge is 0.376 e. The molecule has 2 aliphatic heterocycles. The van der Waals surface area contributed by atoms with Gasteiger partial charge in [-0.05, 0) is 50.0 Å². The highest BCUT2D eigenvalue weighted by Gasteiger charge is 2.32. The third kappa shape index (κ3) is 2.19. The highest BCUT2D eigenvalue weighted by Crippen LogP contribution is 2.36. The van der Waals surface area contributed by atoms with Crippen molar-refractivity contribution in [3.8, 4) is 0 Å². The highest BCUT2D eigenvalue weighted by atomic mass is 79.9. The molecule has 0 aromatic heterocycles. The lowest BCUT2D eigenvalue weighted by Gasteiger charge is -2.25. The molecule has 5 heteroatoms. The summed E-state index contributed by atoms with van der Waals surface area (Å²) in [7, 11) is -0.325. The average molecular weight is 309 g/mol. The second kappa shape index (κ2) is 4.87. The van der Waals surface area contributed by atoms with Crippen LogP contribution >= 0.6 is 15.9 Å². The molecule has 1 aromatic carbocycles. The molecule has 0 spiro atoms. The summed E-state index contributed by atoms with van der Waals surface area (Å²) in [5.74, 6) is 0. The van der Waals surface area contributed by atoms with Crippen LogP contribution < -0.4 is 4.90 Å². The number of hydrogen-bond donors (Lipinski definition) is 1. The standard InChI is InChI=1S/C13H18BBrN2O/c1-14(18)16-5-4-12-9-10-8-11(15)2-3-13(10)17(12)7-6-16/h2-3,8,12,18H,4-7,9H2,1H3. The maximum absolute atomic E-state index is 9.70. The number of halogens is 1. The van der Waals surface area contributed by atoms with E-state index in [9.17, 15) is 5.02 Å². The van der Waals surface area contributed by atoms with E-state index in [4.69, 9.17) is 0 Å². The fraction of sp³-hybridized carbons (Fsp3) is 0.538. The Morgan fingerprint density at radius 2 is 2.17 bits per heavy atom. The molecule has 2 heterocycles. The van der Waals surface area contributed by atoms with E-state index < -0.39 is 0 Å². The van der Waals surface area contributed by atoms with Gasteiger partial charge in [-0.25, -0.2) is 0 Å². The Morgan fingerprint density at radius 3 is 2.94 bits per heavy atom. The second-order valence-corrected chi connectivity index (χ2v) is 6.20. The number of benzene rings is 1. The van der Waals surface area contributed by atoms with Gasteiger partial charge in [-0.15, -0.1) is 0 Å². The fourth-order valence-corrected chi connectivity index (χ4v) is 3.56. The summed E-state index contributed by atoms with van der Waals surface area (Å²) in [4.78, 5) is 4.68. The minimum Gasteiger partial charge on any atom is -0.437 e. The van der Waals surface area contributed by atoms with Crippen molar-refractivity contribution < 1.29 is 5.02 Å². The van der Waals surface area contributed by atoms with E-state index in [-0.39, 0.29) is 7.05 Å². The molecule has 1 aromatic rings. The van der Waals surface area contributed by atoms with Crippen molar-refractivity contribution in [3.05, 3.63) is 28.2 Å². The lowest BCUT2D eigenvalue weighted by Crippen LogP contribution is -2.40. The SMILES string of the molecule is CB(O)N1CCC2Cc3cc(Br)ccc3N2CC1. The first kappa shape index (κ1) is 12.5. The summed E-state index contributed by atoms with van der Waals surface area (Å²) >= 11 is 3.55. The molecule has 0 radical (unpaired) electrons. The lowest BCUT2D eigenvalue weighted by molar-refractivity contribution is 0.380. The van der Waals surface area contributed by atoms with E-state index in [2.05, 4.69) is 43.8 Å². The molecule has 1 N–H and O–H groups in total. The number of fused-ring (bicyclic) bond motifs is 3. The van der Waals surface area contributed by atoms with E-state index >= 15 is 0 Å². The van der Waals surface area contributed by atoms with E-state index in [1.807, 2.05) is 6.82 Å². The van der Waals surface area contributed by atoms with Crippen LogP contribution in [0.15, 0.2) is 22.7 Å². The molecule has 1 unspecified atom stereocenters. The van der Waals surface area contributed by atoms with Crippen LogP contribution in [0.3, 0.4) is 0 Å². The van der Waals surface area contributed by atoms with Gasteiger partial charge in [0.15, 0.2) is 0 Å². The number of rotatable bonds is 1. The van der Waals surface area contributed by atoms with Crippen LogP contribution in [-0.4, -0.2) is 42.6 Å². The monoisotopic (exact) mass is 308 g/mol. The third-order valence-corrected chi connectivity index (χ3v) is 4.65. The molecule has 0 saturated carbocycles. The predicted octanol–water partition coefficient (Wildman–Crippen LogP) is 2.00. The zero-order chi connectivity index (χ0) is 12.7. The van der Waals surface area contributed by atoms with Gasteiger partial charge in [0.25, 0.3) is 0 Å². The van der Waals surface area contributed by atoms with Crippen molar-refractivity contribution >= 4 is 28.7 Å². The van der Waals surface area contributed by atoms with Crippen LogP contribution in [-0.2, 0) is 6.42 Å². The van der Waals surface area contributed by atoms with Gasteiger partial charge < -0.3 is 14.7 Å². The topological polar surface area (TPSA) is 26.7 Å². The zero-order valence-corrected chi connectivity index (χ0v) is 12.2. The van der Waals surface area contributed by atoms with Gasteiger partial charge in [-0.3, -0.25) is 0 Å². The van der Waals surface area contributed by atoms with Crippen LogP contribution in [0.1, 0.15) is 12.0 Å². The van der Waals surface area contributed by atoms with Crippen LogP contribution in [0, 0.1) is 0 Å². The van der Waals surface area contributed by atoms with Crippen molar-refractivity contribution in [2.24, 2.45) is 0 Å². The quantitative estimate of drug-likeness (QED) is 0.804. The summed E-state index contributed by atoms with van der Waals surface area (Å²) in [5, 5.41) is 9.70. The average Bonchev–Trinajstić information content (AvgIpc) is 2.53. The normalized spacial score (nSPS) is 23.5. The molecule has 18 heavy (non-hydrogen) atoms. The van der Waals surface area contributed by atoms with Crippen molar-refractivity contribution in [1.82, 2.24) is 4.81 Å². The summed E-state index contributed by atoms with van der Waals surface area (Å²) in [6.45, 7) is 4.82. The molecule has 2 aliphatic rings. The van der Waals surface area contributed by atoms with Gasteiger partial charge in [0.1, 0.15) is 0 Å². The van der Waals surface area contributed by atoms with Gasteiger partial charge >= 0.3 is 7.05 Å². The van der Waals surface area contributed by atoms with Crippen LogP contribution in [0.2, 0.25) is 6.82 Å². The molecule has 0 amide bonds. The summed E-state index contributed by atoms with van der Waals surface area (Å²) in [6.07, 6.45) is 2.28. The Bertz CT molecular complexity index is 455. The van der Waals surface area contributed by atoms with Crippen molar-refractivity contribution in [2.45, 2.75) is 25.7 Å². The molecule has 1 fully saturated rings. The van der Waals surface area contributed by atoms with Crippen molar-refractivity contribution in [2.75, 3.05) is 24.5 Å². The number of nitrogens with zero attached hydrogens (tertiary/aromatic N) is 2. The molecule has 0 aliphatic carbocycles. The first-order valence-corrected chi connectivity index (χ1v) is 7.41. The number of anilines is 1. The van der Waals surface area contributed by atoms with Gasteiger partial charge in [0.2, 0.25) is 0 Å². The minimum absolute atomic E-state index is 0.325. The molecular formula is C13H18BBrN2O. The maximum Gasteiger partial charge on any atom is 0.376 e. The number of hydrogen-bond acceptors (Lipinski definition) is 3. The molecular weight excluding hydrogens is 291 g/mol. The lowest BCUT2D eigenvalue weighted by atomic mass is 9.84. The van der Waals surface area contributed by atoms with Crippen molar-refractivity contribution in [1.29, 1.82) is 0 Å². The first-order chi connectivity index (χ1) is 8.65. The van der Waals surface area contributed by atoms with Gasteiger partial charge in [-0.2, -0.15) is 0 Å². The van der Waals surface area contributed by atoms with Gasteiger partial charge in [-0.1, -0.05) is 15.9 Å². The van der Waals surface area contributed by atoms with E-state index in [1.54, 1.807) is 0 Å². The zero-order valence-electron chi connectivity index (χ0n) is 10.6. The van der Waals surface area contributed by atoms with Gasteiger partial charge in [0.05, 0.1) is 0 Å². The first-order valence-electron chi connectivity index (χ1n) is 6.62. The maximum atomic E-state index is 9.70. The second-order valence-electron chi connectivity index (χ2n) is 5.28. The molecule has 0 bridgehead atoms. The van der Waals surface area contributed by atoms with Crippen LogP contribution in [0.25, 0.3) is 0 Å². The predicted molar refractivity (Wildman–Crippen MR) is 79.0 cm³/mol. The summed E-state index contributed by atoms with van der Waals surface area (Å²) < 4.78 is 1.17. The Kier molecular flexibility index (Phi) is 3.39. The molecule has 3 rings (SSSR count). The van der Waals surface area contributed by atoms with E-state index in [1.165, 1.54) is 15.7 Å². The molecule has 1 saturated heterocycles. The molecule has 3 nitrogen and oxygen atoms in total. The van der Waals surface area contributed by atoms with Crippen LogP contribution in [0.5, 0.6) is 0 Å². The largest absolute Gasteiger partial charge is 0.437 e. The Balaban J connectivity index is 1.82. The van der Waals surface area contributed by atoms with Crippen molar-refractivity contribution in [3.63, 3.8) is 0 Å². The fourth-order valence-electron chi connectivity index (χ4n) is 3.16. The van der Waals surface area contributed by atoms with Gasteiger partial charge in [0, 0.05) is 29.3 Å². The third-order valence-electron chi connectivity index (χ3n) is 4.15. The molecule has 96 valence electrons. The summed E-state index contributed by atoms with van der Waals surface area (Å²) in [6, 6.07) is 7.20. The van der Waals surface area contributed by atoms with Crippen LogP contribution in [0.4, 0.5) is 5.69 Å².